The Morgan fingerprint density at radius 1 is 1.20 bits per heavy atom. The van der Waals surface area contributed by atoms with Gasteiger partial charge in [-0.2, -0.15) is 0 Å². The van der Waals surface area contributed by atoms with Gasteiger partial charge in [0.25, 0.3) is 0 Å². The normalized spacial score (nSPS) is 13.5. The molecule has 3 N–H and O–H groups in total. The predicted molar refractivity (Wildman–Crippen MR) is 84.3 cm³/mol. The summed E-state index contributed by atoms with van der Waals surface area (Å²) in [5, 5.41) is 0.129. The van der Waals surface area contributed by atoms with Crippen LogP contribution in [0, 0.1) is 5.41 Å². The van der Waals surface area contributed by atoms with Gasteiger partial charge in [0, 0.05) is 5.54 Å². The van der Waals surface area contributed by atoms with E-state index in [9.17, 15) is 8.42 Å². The summed E-state index contributed by atoms with van der Waals surface area (Å²) in [5.41, 5.74) is 5.30. The zero-order chi connectivity index (χ0) is 15.8. The molecule has 0 saturated carbocycles. The molecule has 114 valence electrons. The van der Waals surface area contributed by atoms with Crippen molar-refractivity contribution in [3.63, 3.8) is 0 Å². The average molecular weight is 319 g/mol. The third-order valence-corrected chi connectivity index (χ3v) is 4.89. The standard InChI is InChI=1S/C14H23ClN2O2S/c1-13(2,3)9-14(4,5)17-20(18,19)12-10(15)7-6-8-11(12)16/h6-8,17H,9,16H2,1-5H3. The van der Waals surface area contributed by atoms with Crippen LogP contribution in [0.5, 0.6) is 0 Å². The topological polar surface area (TPSA) is 72.2 Å². The molecule has 1 aromatic carbocycles. The molecule has 1 rings (SSSR count). The number of halogens is 1. The smallest absolute Gasteiger partial charge is 0.244 e. The number of benzene rings is 1. The van der Waals surface area contributed by atoms with Gasteiger partial charge in [-0.05, 0) is 37.8 Å². The van der Waals surface area contributed by atoms with Crippen LogP contribution in [0.15, 0.2) is 23.1 Å². The minimum Gasteiger partial charge on any atom is -0.398 e. The molecule has 0 aliphatic heterocycles. The lowest BCUT2D eigenvalue weighted by atomic mass is 9.82. The minimum atomic E-state index is -3.76. The van der Waals surface area contributed by atoms with Crippen LogP contribution in [-0.4, -0.2) is 14.0 Å². The molecule has 0 amide bonds. The van der Waals surface area contributed by atoms with Gasteiger partial charge in [0.15, 0.2) is 0 Å². The molecule has 0 fully saturated rings. The Balaban J connectivity index is 3.13. The highest BCUT2D eigenvalue weighted by molar-refractivity contribution is 7.89. The number of anilines is 1. The molecule has 0 spiro atoms. The van der Waals surface area contributed by atoms with Gasteiger partial charge in [-0.1, -0.05) is 38.4 Å². The first kappa shape index (κ1) is 17.3. The van der Waals surface area contributed by atoms with Gasteiger partial charge < -0.3 is 5.73 Å². The van der Waals surface area contributed by atoms with Crippen LogP contribution in [0.1, 0.15) is 41.0 Å². The number of hydrogen-bond acceptors (Lipinski definition) is 3. The summed E-state index contributed by atoms with van der Waals surface area (Å²) in [4.78, 5) is -0.0522. The zero-order valence-electron chi connectivity index (χ0n) is 12.6. The molecule has 0 radical (unpaired) electrons. The fourth-order valence-corrected chi connectivity index (χ4v) is 4.68. The van der Waals surface area contributed by atoms with Gasteiger partial charge in [-0.3, -0.25) is 0 Å². The molecule has 0 heterocycles. The van der Waals surface area contributed by atoms with Crippen molar-refractivity contribution in [2.24, 2.45) is 5.41 Å². The summed E-state index contributed by atoms with van der Waals surface area (Å²) in [5.74, 6) is 0. The number of nitrogens with two attached hydrogens (primary N) is 1. The Morgan fingerprint density at radius 2 is 1.75 bits per heavy atom. The third kappa shape index (κ3) is 4.65. The van der Waals surface area contributed by atoms with E-state index in [0.29, 0.717) is 6.42 Å². The predicted octanol–water partition coefficient (Wildman–Crippen LogP) is 3.42. The van der Waals surface area contributed by atoms with E-state index in [1.54, 1.807) is 6.07 Å². The highest BCUT2D eigenvalue weighted by Gasteiger charge is 2.32. The highest BCUT2D eigenvalue weighted by atomic mass is 35.5. The van der Waals surface area contributed by atoms with E-state index in [0.717, 1.165) is 0 Å². The maximum Gasteiger partial charge on any atom is 0.244 e. The molecule has 20 heavy (non-hydrogen) atoms. The molecule has 6 heteroatoms. The van der Waals surface area contributed by atoms with Crippen molar-refractivity contribution in [2.45, 2.75) is 51.5 Å². The second kappa shape index (κ2) is 5.54. The minimum absolute atomic E-state index is 0.00194. The Labute approximate surface area is 126 Å². The molecular formula is C14H23ClN2O2S. The first-order valence-electron chi connectivity index (χ1n) is 6.42. The summed E-state index contributed by atoms with van der Waals surface area (Å²) >= 11 is 5.98. The largest absolute Gasteiger partial charge is 0.398 e. The Morgan fingerprint density at radius 3 is 2.20 bits per heavy atom. The van der Waals surface area contributed by atoms with E-state index in [1.807, 2.05) is 13.8 Å². The van der Waals surface area contributed by atoms with Crippen molar-refractivity contribution in [2.75, 3.05) is 5.73 Å². The van der Waals surface area contributed by atoms with E-state index >= 15 is 0 Å². The van der Waals surface area contributed by atoms with E-state index in [1.165, 1.54) is 12.1 Å². The van der Waals surface area contributed by atoms with Crippen molar-refractivity contribution in [3.05, 3.63) is 23.2 Å². The zero-order valence-corrected chi connectivity index (χ0v) is 14.2. The first-order valence-corrected chi connectivity index (χ1v) is 8.28. The van der Waals surface area contributed by atoms with Gasteiger partial charge in [0.2, 0.25) is 10.0 Å². The Bertz CT molecular complexity index is 569. The molecule has 0 aliphatic carbocycles. The Kier molecular flexibility index (Phi) is 4.79. The second-order valence-electron chi connectivity index (χ2n) is 6.89. The van der Waals surface area contributed by atoms with E-state index in [4.69, 9.17) is 17.3 Å². The molecule has 0 aliphatic rings. The van der Waals surface area contributed by atoms with Gasteiger partial charge in [-0.25, -0.2) is 13.1 Å². The van der Waals surface area contributed by atoms with E-state index in [2.05, 4.69) is 25.5 Å². The molecular weight excluding hydrogens is 296 g/mol. The Hall–Kier alpha value is -0.780. The van der Waals surface area contributed by atoms with Crippen LogP contribution >= 0.6 is 11.6 Å². The maximum absolute atomic E-state index is 12.5. The number of nitrogen functional groups attached to an aromatic ring is 1. The van der Waals surface area contributed by atoms with Crippen molar-refractivity contribution in [1.82, 2.24) is 4.72 Å². The van der Waals surface area contributed by atoms with Gasteiger partial charge in [0.05, 0.1) is 10.7 Å². The number of hydrogen-bond donors (Lipinski definition) is 2. The van der Waals surface area contributed by atoms with Crippen LogP contribution in [0.2, 0.25) is 5.02 Å². The van der Waals surface area contributed by atoms with E-state index < -0.39 is 15.6 Å². The highest BCUT2D eigenvalue weighted by Crippen LogP contribution is 2.31. The number of nitrogens with one attached hydrogen (secondary N) is 1. The van der Waals surface area contributed by atoms with Crippen LogP contribution in [0.25, 0.3) is 0 Å². The quantitative estimate of drug-likeness (QED) is 0.835. The second-order valence-corrected chi connectivity index (χ2v) is 8.91. The SMILES string of the molecule is CC(C)(C)CC(C)(C)NS(=O)(=O)c1c(N)cccc1Cl. The molecule has 0 bridgehead atoms. The summed E-state index contributed by atoms with van der Waals surface area (Å²) in [7, 11) is -3.76. The van der Waals surface area contributed by atoms with Gasteiger partial charge >= 0.3 is 0 Å². The van der Waals surface area contributed by atoms with Crippen molar-refractivity contribution in [1.29, 1.82) is 0 Å². The van der Waals surface area contributed by atoms with Crippen molar-refractivity contribution >= 4 is 27.3 Å². The molecule has 0 aromatic heterocycles. The maximum atomic E-state index is 12.5. The summed E-state index contributed by atoms with van der Waals surface area (Å²) in [6.45, 7) is 9.89. The number of sulfonamides is 1. The molecule has 0 unspecified atom stereocenters. The average Bonchev–Trinajstić information content (AvgIpc) is 2.09. The monoisotopic (exact) mass is 318 g/mol. The van der Waals surface area contributed by atoms with Crippen LogP contribution < -0.4 is 10.5 Å². The van der Waals surface area contributed by atoms with Crippen molar-refractivity contribution < 1.29 is 8.42 Å². The van der Waals surface area contributed by atoms with Gasteiger partial charge in [-0.15, -0.1) is 0 Å². The molecule has 1 aromatic rings. The third-order valence-electron chi connectivity index (χ3n) is 2.65. The summed E-state index contributed by atoms with van der Waals surface area (Å²) in [6, 6.07) is 4.66. The number of rotatable bonds is 4. The molecule has 0 saturated heterocycles. The fourth-order valence-electron chi connectivity index (χ4n) is 2.59. The molecule has 0 atom stereocenters. The lowest BCUT2D eigenvalue weighted by Crippen LogP contribution is -2.45. The van der Waals surface area contributed by atoms with Crippen LogP contribution in [0.3, 0.4) is 0 Å². The van der Waals surface area contributed by atoms with E-state index in [-0.39, 0.29) is 21.0 Å². The lowest BCUT2D eigenvalue weighted by molar-refractivity contribution is 0.269. The molecule has 4 nitrogen and oxygen atoms in total. The van der Waals surface area contributed by atoms with Crippen LogP contribution in [0.4, 0.5) is 5.69 Å². The van der Waals surface area contributed by atoms with Gasteiger partial charge in [0.1, 0.15) is 4.90 Å². The van der Waals surface area contributed by atoms with Crippen molar-refractivity contribution in [3.8, 4) is 0 Å². The fraction of sp³-hybridized carbons (Fsp3) is 0.571. The van der Waals surface area contributed by atoms with Crippen LogP contribution in [-0.2, 0) is 10.0 Å². The lowest BCUT2D eigenvalue weighted by Gasteiger charge is -2.33. The summed E-state index contributed by atoms with van der Waals surface area (Å²) in [6.07, 6.45) is 0.684. The first-order chi connectivity index (χ1) is 8.84. The summed E-state index contributed by atoms with van der Waals surface area (Å²) < 4.78 is 27.7.